The highest BCUT2D eigenvalue weighted by Crippen LogP contribution is 2.32. The molecule has 0 aromatic carbocycles. The zero-order valence-corrected chi connectivity index (χ0v) is 8.78. The quantitative estimate of drug-likeness (QED) is 0.732. The van der Waals surface area contributed by atoms with Gasteiger partial charge in [-0.1, -0.05) is 0 Å². The summed E-state index contributed by atoms with van der Waals surface area (Å²) in [5, 5.41) is 8.66. The van der Waals surface area contributed by atoms with E-state index in [1.54, 1.807) is 0 Å². The summed E-state index contributed by atoms with van der Waals surface area (Å²) >= 11 is 0. The smallest absolute Gasteiger partial charge is 0.407 e. The average Bonchev–Trinajstić information content (AvgIpc) is 2.14. The van der Waals surface area contributed by atoms with Gasteiger partial charge in [-0.3, -0.25) is 4.79 Å². The van der Waals surface area contributed by atoms with Crippen LogP contribution in [-0.4, -0.2) is 48.2 Å². The van der Waals surface area contributed by atoms with Crippen LogP contribution in [0.1, 0.15) is 12.8 Å². The van der Waals surface area contributed by atoms with E-state index in [1.165, 1.54) is 0 Å². The monoisotopic (exact) mass is 237 g/mol. The Morgan fingerprint density at radius 2 is 2.19 bits per heavy atom. The van der Waals surface area contributed by atoms with Gasteiger partial charge >= 0.3 is 12.1 Å². The SMILES string of the molecule is COC(=O)C[C@@H]1CN(C(=O)O)CC(F)(F)C1. The standard InChI is InChI=1S/C9H13F2NO4/c1-16-7(13)2-6-3-9(10,11)5-12(4-6)8(14)15/h6H,2-5H2,1H3,(H,14,15)/t6-/m0/s1. The van der Waals surface area contributed by atoms with Crippen molar-refractivity contribution in [3.05, 3.63) is 0 Å². The zero-order valence-electron chi connectivity index (χ0n) is 8.78. The number of carbonyl (C=O) groups is 2. The number of piperidine rings is 1. The van der Waals surface area contributed by atoms with Crippen molar-refractivity contribution in [1.29, 1.82) is 0 Å². The van der Waals surface area contributed by atoms with Crippen LogP contribution in [0.15, 0.2) is 0 Å². The van der Waals surface area contributed by atoms with Crippen LogP contribution < -0.4 is 0 Å². The van der Waals surface area contributed by atoms with Crippen LogP contribution in [0, 0.1) is 5.92 Å². The molecule has 1 amide bonds. The van der Waals surface area contributed by atoms with Gasteiger partial charge in [0.15, 0.2) is 0 Å². The third-order valence-electron chi connectivity index (χ3n) is 2.44. The molecule has 1 fully saturated rings. The van der Waals surface area contributed by atoms with E-state index < -0.39 is 36.9 Å². The predicted octanol–water partition coefficient (Wildman–Crippen LogP) is 1.18. The summed E-state index contributed by atoms with van der Waals surface area (Å²) in [6, 6.07) is 0. The van der Waals surface area contributed by atoms with Crippen molar-refractivity contribution in [2.75, 3.05) is 20.2 Å². The molecular weight excluding hydrogens is 224 g/mol. The van der Waals surface area contributed by atoms with Gasteiger partial charge < -0.3 is 14.7 Å². The number of alkyl halides is 2. The molecular formula is C9H13F2NO4. The highest BCUT2D eigenvalue weighted by Gasteiger charge is 2.42. The van der Waals surface area contributed by atoms with E-state index in [9.17, 15) is 18.4 Å². The van der Waals surface area contributed by atoms with E-state index in [0.717, 1.165) is 7.11 Å². The number of methoxy groups -OCH3 is 1. The minimum atomic E-state index is -3.07. The van der Waals surface area contributed by atoms with E-state index in [1.807, 2.05) is 0 Å². The molecule has 1 heterocycles. The molecule has 92 valence electrons. The molecule has 5 nitrogen and oxygen atoms in total. The molecule has 0 radical (unpaired) electrons. The predicted molar refractivity (Wildman–Crippen MR) is 49.3 cm³/mol. The first-order valence-corrected chi connectivity index (χ1v) is 4.76. The van der Waals surface area contributed by atoms with Crippen molar-refractivity contribution in [2.45, 2.75) is 18.8 Å². The molecule has 1 N–H and O–H groups in total. The fraction of sp³-hybridized carbons (Fsp3) is 0.778. The van der Waals surface area contributed by atoms with E-state index in [2.05, 4.69) is 4.74 Å². The largest absolute Gasteiger partial charge is 0.469 e. The van der Waals surface area contributed by atoms with Gasteiger partial charge in [0.1, 0.15) is 0 Å². The number of hydrogen-bond donors (Lipinski definition) is 1. The number of carboxylic acid groups (broad SMARTS) is 1. The molecule has 0 spiro atoms. The van der Waals surface area contributed by atoms with Crippen LogP contribution in [0.25, 0.3) is 0 Å². The van der Waals surface area contributed by atoms with Gasteiger partial charge in [0.2, 0.25) is 0 Å². The number of amides is 1. The van der Waals surface area contributed by atoms with Gasteiger partial charge in [0.05, 0.1) is 20.1 Å². The summed E-state index contributed by atoms with van der Waals surface area (Å²) in [7, 11) is 1.16. The van der Waals surface area contributed by atoms with Crippen LogP contribution >= 0.6 is 0 Å². The molecule has 1 aliphatic rings. The minimum absolute atomic E-state index is 0.0555. The summed E-state index contributed by atoms with van der Waals surface area (Å²) in [4.78, 5) is 22.2. The Hall–Kier alpha value is -1.40. The van der Waals surface area contributed by atoms with E-state index in [0.29, 0.717) is 4.90 Å². The van der Waals surface area contributed by atoms with Crippen LogP contribution in [0.2, 0.25) is 0 Å². The molecule has 16 heavy (non-hydrogen) atoms. The van der Waals surface area contributed by atoms with Crippen LogP contribution in [0.5, 0.6) is 0 Å². The zero-order chi connectivity index (χ0) is 12.3. The highest BCUT2D eigenvalue weighted by atomic mass is 19.3. The molecule has 1 atom stereocenters. The maximum atomic E-state index is 13.2. The molecule has 1 aliphatic heterocycles. The number of hydrogen-bond acceptors (Lipinski definition) is 3. The maximum Gasteiger partial charge on any atom is 0.407 e. The lowest BCUT2D eigenvalue weighted by molar-refractivity contribution is -0.144. The lowest BCUT2D eigenvalue weighted by Crippen LogP contribution is -2.49. The van der Waals surface area contributed by atoms with E-state index >= 15 is 0 Å². The number of likely N-dealkylation sites (tertiary alicyclic amines) is 1. The maximum absolute atomic E-state index is 13.2. The van der Waals surface area contributed by atoms with Gasteiger partial charge in [-0.05, 0) is 5.92 Å². The molecule has 0 saturated carbocycles. The Labute approximate surface area is 91.0 Å². The normalized spacial score (nSPS) is 23.9. The molecule has 1 saturated heterocycles. The van der Waals surface area contributed by atoms with Crippen molar-refractivity contribution in [3.63, 3.8) is 0 Å². The van der Waals surface area contributed by atoms with Gasteiger partial charge in [-0.2, -0.15) is 0 Å². The van der Waals surface area contributed by atoms with Gasteiger partial charge in [-0.15, -0.1) is 0 Å². The Morgan fingerprint density at radius 3 is 2.69 bits per heavy atom. The fourth-order valence-corrected chi connectivity index (χ4v) is 1.81. The second-order valence-electron chi connectivity index (χ2n) is 3.87. The van der Waals surface area contributed by atoms with Crippen molar-refractivity contribution in [1.82, 2.24) is 4.90 Å². The fourth-order valence-electron chi connectivity index (χ4n) is 1.81. The van der Waals surface area contributed by atoms with Crippen molar-refractivity contribution < 1.29 is 28.2 Å². The number of carbonyl (C=O) groups excluding carboxylic acids is 1. The first-order valence-electron chi connectivity index (χ1n) is 4.76. The lowest BCUT2D eigenvalue weighted by Gasteiger charge is -2.35. The highest BCUT2D eigenvalue weighted by molar-refractivity contribution is 5.70. The third-order valence-corrected chi connectivity index (χ3v) is 2.44. The van der Waals surface area contributed by atoms with E-state index in [4.69, 9.17) is 5.11 Å². The third kappa shape index (κ3) is 3.32. The van der Waals surface area contributed by atoms with E-state index in [-0.39, 0.29) is 13.0 Å². The van der Waals surface area contributed by atoms with Crippen LogP contribution in [-0.2, 0) is 9.53 Å². The van der Waals surface area contributed by atoms with Crippen molar-refractivity contribution in [3.8, 4) is 0 Å². The van der Waals surface area contributed by atoms with Gasteiger partial charge in [-0.25, -0.2) is 13.6 Å². The number of rotatable bonds is 2. The second kappa shape index (κ2) is 4.63. The summed E-state index contributed by atoms with van der Waals surface area (Å²) in [6.45, 7) is -0.861. The first kappa shape index (κ1) is 12.7. The topological polar surface area (TPSA) is 66.8 Å². The number of esters is 1. The number of halogens is 2. The van der Waals surface area contributed by atoms with Crippen LogP contribution in [0.3, 0.4) is 0 Å². The molecule has 0 aromatic heterocycles. The molecule has 0 bridgehead atoms. The number of nitrogens with zero attached hydrogens (tertiary/aromatic N) is 1. The van der Waals surface area contributed by atoms with Crippen molar-refractivity contribution >= 4 is 12.1 Å². The molecule has 0 aromatic rings. The summed E-state index contributed by atoms with van der Waals surface area (Å²) < 4.78 is 30.7. The molecule has 0 unspecified atom stereocenters. The Kier molecular flexibility index (Phi) is 3.66. The summed E-state index contributed by atoms with van der Waals surface area (Å²) in [5.74, 6) is -4.37. The first-order chi connectivity index (χ1) is 7.34. The van der Waals surface area contributed by atoms with Crippen LogP contribution in [0.4, 0.5) is 13.6 Å². The molecule has 7 heteroatoms. The Bertz CT molecular complexity index is 295. The summed E-state index contributed by atoms with van der Waals surface area (Å²) in [5.41, 5.74) is 0. The molecule has 0 aliphatic carbocycles. The van der Waals surface area contributed by atoms with Crippen molar-refractivity contribution in [2.24, 2.45) is 5.92 Å². The minimum Gasteiger partial charge on any atom is -0.469 e. The number of ether oxygens (including phenoxy) is 1. The average molecular weight is 237 g/mol. The van der Waals surface area contributed by atoms with Gasteiger partial charge in [0.25, 0.3) is 5.92 Å². The summed E-state index contributed by atoms with van der Waals surface area (Å²) in [6.07, 6.45) is -2.06. The molecule has 1 rings (SSSR count). The second-order valence-corrected chi connectivity index (χ2v) is 3.87. The lowest BCUT2D eigenvalue weighted by atomic mass is 9.92. The van der Waals surface area contributed by atoms with Gasteiger partial charge in [0, 0.05) is 13.0 Å². The Morgan fingerprint density at radius 1 is 1.56 bits per heavy atom. The Balaban J connectivity index is 2.65.